The van der Waals surface area contributed by atoms with Crippen LogP contribution in [0.15, 0.2) is 171 Å². The van der Waals surface area contributed by atoms with Gasteiger partial charge in [0.15, 0.2) is 0 Å². The predicted molar refractivity (Wildman–Crippen MR) is 176 cm³/mol. The van der Waals surface area contributed by atoms with Gasteiger partial charge in [0.1, 0.15) is 22.3 Å². The number of halogens is 2. The first-order valence-electron chi connectivity index (χ1n) is 13.3. The normalized spacial score (nSPS) is 12.5. The van der Waals surface area contributed by atoms with E-state index in [2.05, 4.69) is 153 Å². The molecule has 0 atom stereocenters. The molecule has 0 aliphatic heterocycles. The van der Waals surface area contributed by atoms with Gasteiger partial charge in [-0.15, -0.1) is 10.0 Å². The number of para-hydroxylation sites is 4. The van der Waals surface area contributed by atoms with Crippen LogP contribution in [0.4, 0.5) is 0 Å². The molecule has 198 valence electrons. The van der Waals surface area contributed by atoms with E-state index in [1.165, 1.54) is 9.79 Å². The molecule has 0 saturated carbocycles. The Morgan fingerprint density at radius 1 is 0.366 bits per heavy atom. The molecule has 0 aliphatic carbocycles. The molecule has 2 nitrogen and oxygen atoms in total. The second-order valence-electron chi connectivity index (χ2n) is 9.94. The second-order valence-corrected chi connectivity index (χ2v) is 14.7. The molecular weight excluding hydrogens is 656 g/mol. The summed E-state index contributed by atoms with van der Waals surface area (Å²) in [5, 5.41) is 4.39. The summed E-state index contributed by atoms with van der Waals surface area (Å²) in [7, 11) is -2.10. The number of hydrogen-bond acceptors (Lipinski definition) is 2. The van der Waals surface area contributed by atoms with Crippen molar-refractivity contribution in [1.29, 1.82) is 0 Å². The summed E-state index contributed by atoms with van der Waals surface area (Å²) in [6.45, 7) is 0. The highest BCUT2D eigenvalue weighted by Crippen LogP contribution is 2.76. The minimum atomic E-state index is -2.10. The number of fused-ring (bicyclic) bond motifs is 6. The van der Waals surface area contributed by atoms with E-state index < -0.39 is 10.0 Å². The maximum atomic E-state index is 6.81. The topological polar surface area (TPSA) is 26.3 Å². The first-order valence-corrected chi connectivity index (χ1v) is 16.5. The van der Waals surface area contributed by atoms with E-state index in [0.29, 0.717) is 0 Å². The lowest BCUT2D eigenvalue weighted by Crippen LogP contribution is -2.06. The molecular formula is C36H22Br2O2S. The summed E-state index contributed by atoms with van der Waals surface area (Å²) in [6, 6.07) is 47.3. The fourth-order valence-corrected chi connectivity index (χ4v) is 11.0. The van der Waals surface area contributed by atoms with Gasteiger partial charge in [-0.1, -0.05) is 84.9 Å². The van der Waals surface area contributed by atoms with Crippen LogP contribution in [0.2, 0.25) is 0 Å². The summed E-state index contributed by atoms with van der Waals surface area (Å²) in [4.78, 5) is 4.71. The lowest BCUT2D eigenvalue weighted by Gasteiger charge is -2.41. The molecule has 0 spiro atoms. The van der Waals surface area contributed by atoms with E-state index >= 15 is 0 Å². The molecule has 6 aromatic carbocycles. The Morgan fingerprint density at radius 2 is 0.732 bits per heavy atom. The maximum absolute atomic E-state index is 6.81. The minimum absolute atomic E-state index is 0.857. The summed E-state index contributed by atoms with van der Waals surface area (Å²) in [5.74, 6) is 0. The highest BCUT2D eigenvalue weighted by atomic mass is 79.9. The van der Waals surface area contributed by atoms with Crippen molar-refractivity contribution < 1.29 is 8.83 Å². The van der Waals surface area contributed by atoms with E-state index in [1.807, 2.05) is 12.1 Å². The number of benzene rings is 6. The van der Waals surface area contributed by atoms with Gasteiger partial charge in [-0.05, 0) is 80.4 Å². The third kappa shape index (κ3) is 3.62. The first-order chi connectivity index (χ1) is 20.2. The van der Waals surface area contributed by atoms with Gasteiger partial charge in [0.2, 0.25) is 0 Å². The van der Waals surface area contributed by atoms with Gasteiger partial charge in [0.25, 0.3) is 0 Å². The lowest BCUT2D eigenvalue weighted by atomic mass is 10.1. The molecule has 2 aromatic heterocycles. The van der Waals surface area contributed by atoms with Crippen molar-refractivity contribution in [3.63, 3.8) is 0 Å². The second kappa shape index (κ2) is 9.66. The molecule has 5 heteroatoms. The van der Waals surface area contributed by atoms with Crippen LogP contribution in [-0.4, -0.2) is 0 Å². The Labute approximate surface area is 255 Å². The Bertz CT molecular complexity index is 2070. The van der Waals surface area contributed by atoms with Gasteiger partial charge in [0, 0.05) is 41.1 Å². The van der Waals surface area contributed by atoms with Crippen molar-refractivity contribution >= 4 is 85.8 Å². The molecule has 0 unspecified atom stereocenters. The molecule has 8 aromatic rings. The van der Waals surface area contributed by atoms with Crippen LogP contribution in [0, 0.1) is 0 Å². The Balaban J connectivity index is 1.62. The van der Waals surface area contributed by atoms with E-state index in [-0.39, 0.29) is 0 Å². The monoisotopic (exact) mass is 676 g/mol. The molecule has 2 heterocycles. The van der Waals surface area contributed by atoms with Crippen molar-refractivity contribution in [2.75, 3.05) is 0 Å². The van der Waals surface area contributed by atoms with Crippen LogP contribution in [-0.2, 0) is 0 Å². The van der Waals surface area contributed by atoms with Crippen LogP contribution in [0.25, 0.3) is 43.9 Å². The van der Waals surface area contributed by atoms with Crippen molar-refractivity contribution in [3.05, 3.63) is 142 Å². The average molecular weight is 678 g/mol. The molecule has 0 N–H and O–H groups in total. The zero-order valence-corrected chi connectivity index (χ0v) is 25.7. The Hall–Kier alpha value is -3.77. The van der Waals surface area contributed by atoms with Crippen LogP contribution >= 0.6 is 41.9 Å². The third-order valence-corrected chi connectivity index (χ3v) is 12.9. The van der Waals surface area contributed by atoms with Gasteiger partial charge in [-0.25, -0.2) is 0 Å². The van der Waals surface area contributed by atoms with Crippen molar-refractivity contribution in [2.24, 2.45) is 0 Å². The summed E-state index contributed by atoms with van der Waals surface area (Å²) in [6.07, 6.45) is 0. The van der Waals surface area contributed by atoms with Crippen molar-refractivity contribution in [2.45, 2.75) is 19.6 Å². The SMILES string of the molecule is Brc1cccc2c1oc1c(S(c3ccccc3)(c3ccccc3)c3cccc4c3oc3c(Br)cccc34)cccc12. The van der Waals surface area contributed by atoms with E-state index in [0.717, 1.165) is 62.6 Å². The molecule has 0 bridgehead atoms. The molecule has 0 saturated heterocycles. The summed E-state index contributed by atoms with van der Waals surface area (Å²) < 4.78 is 15.5. The Morgan fingerprint density at radius 3 is 1.15 bits per heavy atom. The van der Waals surface area contributed by atoms with Crippen LogP contribution in [0.5, 0.6) is 0 Å². The molecule has 41 heavy (non-hydrogen) atoms. The van der Waals surface area contributed by atoms with Crippen molar-refractivity contribution in [1.82, 2.24) is 0 Å². The van der Waals surface area contributed by atoms with Crippen LogP contribution in [0.1, 0.15) is 0 Å². The third-order valence-electron chi connectivity index (χ3n) is 7.73. The lowest BCUT2D eigenvalue weighted by molar-refractivity contribution is 0.655. The number of furan rings is 2. The number of rotatable bonds is 4. The molecule has 0 radical (unpaired) electrons. The highest BCUT2D eigenvalue weighted by molar-refractivity contribution is 9.11. The quantitative estimate of drug-likeness (QED) is 0.185. The summed E-state index contributed by atoms with van der Waals surface area (Å²) >= 11 is 7.47. The Kier molecular flexibility index (Phi) is 5.89. The van der Waals surface area contributed by atoms with Crippen LogP contribution in [0.3, 0.4) is 0 Å². The predicted octanol–water partition coefficient (Wildman–Crippen LogP) is 12.4. The fourth-order valence-electron chi connectivity index (χ4n) is 6.01. The molecule has 0 aliphatic rings. The maximum Gasteiger partial charge on any atom is 0.149 e. The zero-order valence-electron chi connectivity index (χ0n) is 21.7. The van der Waals surface area contributed by atoms with Crippen molar-refractivity contribution in [3.8, 4) is 0 Å². The number of hydrogen-bond donors (Lipinski definition) is 0. The van der Waals surface area contributed by atoms with Gasteiger partial charge >= 0.3 is 0 Å². The largest absolute Gasteiger partial charge is 0.454 e. The standard InChI is InChI=1S/C36H22Br2O2S/c37-29-19-7-15-25-27-17-9-21-31(35(27)39-33(25)29)41(23-11-3-1-4-12-23,24-13-5-2-6-14-24)32-22-10-18-28-26-16-8-20-30(38)34(26)40-36(28)32/h1-22H. The highest BCUT2D eigenvalue weighted by Gasteiger charge is 2.38. The van der Waals surface area contributed by atoms with E-state index in [9.17, 15) is 0 Å². The van der Waals surface area contributed by atoms with Gasteiger partial charge in [0.05, 0.1) is 8.95 Å². The van der Waals surface area contributed by atoms with Gasteiger partial charge in [-0.2, -0.15) is 0 Å². The molecule has 0 fully saturated rings. The first kappa shape index (κ1) is 25.0. The minimum Gasteiger partial charge on any atom is -0.454 e. The zero-order chi connectivity index (χ0) is 27.6. The average Bonchev–Trinajstić information content (AvgIpc) is 3.60. The van der Waals surface area contributed by atoms with Crippen LogP contribution < -0.4 is 0 Å². The van der Waals surface area contributed by atoms with Gasteiger partial charge in [-0.3, -0.25) is 0 Å². The molecule has 0 amide bonds. The molecule has 8 rings (SSSR count). The van der Waals surface area contributed by atoms with E-state index in [1.54, 1.807) is 0 Å². The van der Waals surface area contributed by atoms with E-state index in [4.69, 9.17) is 8.83 Å². The summed E-state index contributed by atoms with van der Waals surface area (Å²) in [5.41, 5.74) is 3.50. The fraction of sp³-hybridized carbons (Fsp3) is 0. The van der Waals surface area contributed by atoms with Gasteiger partial charge < -0.3 is 8.83 Å². The smallest absolute Gasteiger partial charge is 0.149 e.